The van der Waals surface area contributed by atoms with Crippen molar-refractivity contribution < 1.29 is 4.92 Å². The van der Waals surface area contributed by atoms with Gasteiger partial charge in [-0.15, -0.1) is 10.2 Å². The van der Waals surface area contributed by atoms with Crippen molar-refractivity contribution in [3.05, 3.63) is 69.2 Å². The number of thioether (sulfide) groups is 1. The number of nitro benzene ring substituents is 1. The lowest BCUT2D eigenvalue weighted by Gasteiger charge is -2.07. The maximum atomic E-state index is 10.7. The maximum Gasteiger partial charge on any atom is 0.269 e. The number of rotatable bonds is 6. The van der Waals surface area contributed by atoms with Gasteiger partial charge >= 0.3 is 0 Å². The number of hydrogen-bond donors (Lipinski definition) is 0. The molecular weight excluding hydrogens is 360 g/mol. The van der Waals surface area contributed by atoms with E-state index in [1.54, 1.807) is 23.9 Å². The van der Waals surface area contributed by atoms with Gasteiger partial charge in [0.1, 0.15) is 0 Å². The molecule has 8 heteroatoms. The quantitative estimate of drug-likeness (QED) is 0.351. The van der Waals surface area contributed by atoms with E-state index in [2.05, 4.69) is 10.2 Å². The zero-order valence-corrected chi connectivity index (χ0v) is 15.0. The van der Waals surface area contributed by atoms with Crippen LogP contribution in [0, 0.1) is 10.1 Å². The minimum atomic E-state index is -0.400. The number of benzene rings is 2. The predicted molar refractivity (Wildman–Crippen MR) is 98.8 cm³/mol. The number of non-ortho nitro benzene ring substituents is 1. The number of nitro groups is 1. The zero-order chi connectivity index (χ0) is 17.8. The first kappa shape index (κ1) is 17.4. The van der Waals surface area contributed by atoms with Gasteiger partial charge in [-0.2, -0.15) is 0 Å². The fourth-order valence-electron chi connectivity index (χ4n) is 2.35. The van der Waals surface area contributed by atoms with E-state index in [9.17, 15) is 10.1 Å². The van der Waals surface area contributed by atoms with Gasteiger partial charge in [0.15, 0.2) is 11.0 Å². The second kappa shape index (κ2) is 7.67. The third-order valence-electron chi connectivity index (χ3n) is 3.65. The molecule has 25 heavy (non-hydrogen) atoms. The summed E-state index contributed by atoms with van der Waals surface area (Å²) in [7, 11) is 0. The van der Waals surface area contributed by atoms with Crippen molar-refractivity contribution >= 4 is 29.1 Å². The average molecular weight is 375 g/mol. The molecule has 6 nitrogen and oxygen atoms in total. The maximum absolute atomic E-state index is 10.7. The van der Waals surface area contributed by atoms with Gasteiger partial charge in [0, 0.05) is 35.0 Å². The van der Waals surface area contributed by atoms with E-state index >= 15 is 0 Å². The van der Waals surface area contributed by atoms with Crippen LogP contribution in [0.1, 0.15) is 12.5 Å². The molecule has 0 saturated carbocycles. The molecule has 1 aromatic heterocycles. The first-order chi connectivity index (χ1) is 12.1. The minimum absolute atomic E-state index is 0.0931. The van der Waals surface area contributed by atoms with Crippen molar-refractivity contribution in [3.63, 3.8) is 0 Å². The van der Waals surface area contributed by atoms with Crippen molar-refractivity contribution in [2.24, 2.45) is 0 Å². The summed E-state index contributed by atoms with van der Waals surface area (Å²) in [5, 5.41) is 20.8. The molecule has 3 rings (SSSR count). The highest BCUT2D eigenvalue weighted by molar-refractivity contribution is 7.98. The number of halogens is 1. The summed E-state index contributed by atoms with van der Waals surface area (Å²) in [5.74, 6) is 1.46. The van der Waals surface area contributed by atoms with Gasteiger partial charge in [0.05, 0.1) is 4.92 Å². The number of nitrogens with zero attached hydrogens (tertiary/aromatic N) is 4. The highest BCUT2D eigenvalue weighted by Crippen LogP contribution is 2.27. The molecule has 0 aliphatic heterocycles. The van der Waals surface area contributed by atoms with Crippen molar-refractivity contribution in [2.75, 3.05) is 0 Å². The molecule has 0 amide bonds. The zero-order valence-electron chi connectivity index (χ0n) is 13.4. The van der Waals surface area contributed by atoms with Crippen LogP contribution in [0.2, 0.25) is 5.02 Å². The lowest BCUT2D eigenvalue weighted by molar-refractivity contribution is -0.384. The summed E-state index contributed by atoms with van der Waals surface area (Å²) in [6.45, 7) is 2.78. The molecule has 0 radical (unpaired) electrons. The third kappa shape index (κ3) is 4.00. The van der Waals surface area contributed by atoms with E-state index in [-0.39, 0.29) is 5.69 Å². The standard InChI is InChI=1S/C17H15ClN4O2S/c1-2-21-16(13-5-7-14(18)8-6-13)19-20-17(21)25-11-12-3-9-15(10-4-12)22(23)24/h3-10H,2,11H2,1H3. The lowest BCUT2D eigenvalue weighted by Crippen LogP contribution is -1.99. The first-order valence-electron chi connectivity index (χ1n) is 7.63. The Morgan fingerprint density at radius 2 is 1.80 bits per heavy atom. The van der Waals surface area contributed by atoms with Crippen LogP contribution < -0.4 is 0 Å². The Bertz CT molecular complexity index is 879. The van der Waals surface area contributed by atoms with Gasteiger partial charge in [-0.1, -0.05) is 35.5 Å². The summed E-state index contributed by atoms with van der Waals surface area (Å²) >= 11 is 7.49. The van der Waals surface area contributed by atoms with Gasteiger partial charge in [-0.05, 0) is 36.8 Å². The van der Waals surface area contributed by atoms with Crippen molar-refractivity contribution in [1.82, 2.24) is 14.8 Å². The Labute approximate surface area is 154 Å². The summed E-state index contributed by atoms with van der Waals surface area (Å²) in [5.41, 5.74) is 2.05. The van der Waals surface area contributed by atoms with Crippen LogP contribution in [-0.2, 0) is 12.3 Å². The van der Waals surface area contributed by atoms with Crippen molar-refractivity contribution in [1.29, 1.82) is 0 Å². The SMILES string of the molecule is CCn1c(SCc2ccc([N+](=O)[O-])cc2)nnc1-c1ccc(Cl)cc1. The normalized spacial score (nSPS) is 10.8. The van der Waals surface area contributed by atoms with E-state index in [1.807, 2.05) is 35.8 Å². The summed E-state index contributed by atoms with van der Waals surface area (Å²) in [4.78, 5) is 10.3. The van der Waals surface area contributed by atoms with Gasteiger partial charge in [-0.25, -0.2) is 0 Å². The molecule has 3 aromatic rings. The molecule has 0 aliphatic carbocycles. The van der Waals surface area contributed by atoms with Gasteiger partial charge in [0.2, 0.25) is 0 Å². The molecule has 0 atom stereocenters. The molecule has 0 N–H and O–H groups in total. The molecule has 0 unspecified atom stereocenters. The molecule has 2 aromatic carbocycles. The molecule has 0 aliphatic rings. The van der Waals surface area contributed by atoms with E-state index < -0.39 is 4.92 Å². The molecule has 0 fully saturated rings. The van der Waals surface area contributed by atoms with E-state index in [1.165, 1.54) is 12.1 Å². The van der Waals surface area contributed by atoms with Crippen LogP contribution in [0.3, 0.4) is 0 Å². The molecule has 0 bridgehead atoms. The van der Waals surface area contributed by atoms with Gasteiger partial charge in [0.25, 0.3) is 5.69 Å². The smallest absolute Gasteiger partial charge is 0.269 e. The summed E-state index contributed by atoms with van der Waals surface area (Å²) < 4.78 is 2.04. The third-order valence-corrected chi connectivity index (χ3v) is 4.94. The Morgan fingerprint density at radius 1 is 1.12 bits per heavy atom. The van der Waals surface area contributed by atoms with Crippen LogP contribution in [0.5, 0.6) is 0 Å². The van der Waals surface area contributed by atoms with Crippen LogP contribution in [0.15, 0.2) is 53.7 Å². The highest BCUT2D eigenvalue weighted by Gasteiger charge is 2.13. The van der Waals surface area contributed by atoms with Crippen LogP contribution in [-0.4, -0.2) is 19.7 Å². The van der Waals surface area contributed by atoms with Crippen LogP contribution >= 0.6 is 23.4 Å². The predicted octanol–water partition coefficient (Wildman–Crippen LogP) is 4.82. The Morgan fingerprint density at radius 3 is 2.40 bits per heavy atom. The fraction of sp³-hybridized carbons (Fsp3) is 0.176. The van der Waals surface area contributed by atoms with Crippen molar-refractivity contribution in [2.45, 2.75) is 24.4 Å². The monoisotopic (exact) mass is 374 g/mol. The Kier molecular flexibility index (Phi) is 5.35. The number of hydrogen-bond acceptors (Lipinski definition) is 5. The first-order valence-corrected chi connectivity index (χ1v) is 9.00. The van der Waals surface area contributed by atoms with Crippen LogP contribution in [0.25, 0.3) is 11.4 Å². The second-order valence-corrected chi connectivity index (χ2v) is 6.65. The lowest BCUT2D eigenvalue weighted by atomic mass is 10.2. The minimum Gasteiger partial charge on any atom is -0.302 e. The average Bonchev–Trinajstić information content (AvgIpc) is 3.04. The second-order valence-electron chi connectivity index (χ2n) is 5.27. The van der Waals surface area contributed by atoms with Gasteiger partial charge in [-0.3, -0.25) is 10.1 Å². The molecule has 0 saturated heterocycles. The highest BCUT2D eigenvalue weighted by atomic mass is 35.5. The van der Waals surface area contributed by atoms with Crippen molar-refractivity contribution in [3.8, 4) is 11.4 Å². The van der Waals surface area contributed by atoms with E-state index in [4.69, 9.17) is 11.6 Å². The summed E-state index contributed by atoms with van der Waals surface area (Å²) in [6.07, 6.45) is 0. The fourth-order valence-corrected chi connectivity index (χ4v) is 3.44. The summed E-state index contributed by atoms with van der Waals surface area (Å²) in [6, 6.07) is 14.0. The van der Waals surface area contributed by atoms with Crippen LogP contribution in [0.4, 0.5) is 5.69 Å². The Balaban J connectivity index is 1.76. The molecule has 0 spiro atoms. The topological polar surface area (TPSA) is 73.8 Å². The molecule has 128 valence electrons. The molecular formula is C17H15ClN4O2S. The Hall–Kier alpha value is -2.38. The van der Waals surface area contributed by atoms with E-state index in [0.717, 1.165) is 28.7 Å². The number of aromatic nitrogens is 3. The largest absolute Gasteiger partial charge is 0.302 e. The molecule has 1 heterocycles. The van der Waals surface area contributed by atoms with E-state index in [0.29, 0.717) is 10.8 Å². The van der Waals surface area contributed by atoms with Gasteiger partial charge < -0.3 is 4.57 Å².